The van der Waals surface area contributed by atoms with Crippen molar-refractivity contribution in [3.8, 4) is 5.75 Å². The van der Waals surface area contributed by atoms with E-state index in [1.807, 2.05) is 38.1 Å². The Bertz CT molecular complexity index is 1240. The summed E-state index contributed by atoms with van der Waals surface area (Å²) in [6.45, 7) is 9.79. The Balaban J connectivity index is 1.57. The van der Waals surface area contributed by atoms with Gasteiger partial charge in [-0.05, 0) is 88.6 Å². The predicted octanol–water partition coefficient (Wildman–Crippen LogP) is 5.01. The van der Waals surface area contributed by atoms with E-state index in [0.717, 1.165) is 55.2 Å². The Morgan fingerprint density at radius 1 is 1.26 bits per heavy atom. The van der Waals surface area contributed by atoms with Crippen LogP contribution in [0.15, 0.2) is 43.1 Å². The normalized spacial score (nSPS) is 30.4. The van der Waals surface area contributed by atoms with Crippen molar-refractivity contribution >= 4 is 22.8 Å². The van der Waals surface area contributed by atoms with Gasteiger partial charge in [-0.25, -0.2) is 4.79 Å². The lowest BCUT2D eigenvalue weighted by molar-refractivity contribution is -0.219. The van der Waals surface area contributed by atoms with Crippen molar-refractivity contribution in [1.82, 2.24) is 9.88 Å². The van der Waals surface area contributed by atoms with Crippen LogP contribution in [-0.4, -0.2) is 66.4 Å². The summed E-state index contributed by atoms with van der Waals surface area (Å²) in [5, 5.41) is 0.879. The summed E-state index contributed by atoms with van der Waals surface area (Å²) in [4.78, 5) is 33.8. The molecule has 0 amide bonds. The SMILES string of the molecule is C=CC1CN2CC[C@H]1C[C@H]2[C@H](OC(=O)C1(CC(=O)OC)CCCC(C)(C)O1)c1ccnc2ccc(OC)cc12. The van der Waals surface area contributed by atoms with Crippen LogP contribution in [0.3, 0.4) is 0 Å². The number of nitrogens with zero attached hydrogens (tertiary/aromatic N) is 2. The van der Waals surface area contributed by atoms with Gasteiger partial charge in [0.2, 0.25) is 0 Å². The highest BCUT2D eigenvalue weighted by molar-refractivity contribution is 5.87. The first-order chi connectivity index (χ1) is 18.7. The van der Waals surface area contributed by atoms with Crippen molar-refractivity contribution < 1.29 is 28.5 Å². The molecule has 39 heavy (non-hydrogen) atoms. The summed E-state index contributed by atoms with van der Waals surface area (Å²) in [5.41, 5.74) is -0.292. The van der Waals surface area contributed by atoms with E-state index in [0.29, 0.717) is 24.0 Å². The molecule has 4 aliphatic heterocycles. The fourth-order valence-electron chi connectivity index (χ4n) is 6.86. The second kappa shape index (κ2) is 10.9. The lowest BCUT2D eigenvalue weighted by atomic mass is 9.73. The van der Waals surface area contributed by atoms with Crippen molar-refractivity contribution in [2.24, 2.45) is 11.8 Å². The molecule has 8 nitrogen and oxygen atoms in total. The minimum Gasteiger partial charge on any atom is -0.497 e. The summed E-state index contributed by atoms with van der Waals surface area (Å²) >= 11 is 0. The number of benzene rings is 1. The Labute approximate surface area is 230 Å². The van der Waals surface area contributed by atoms with Crippen molar-refractivity contribution in [1.29, 1.82) is 0 Å². The lowest BCUT2D eigenvalue weighted by Crippen LogP contribution is -2.57. The topological polar surface area (TPSA) is 87.2 Å². The molecule has 2 aromatic rings. The molecule has 0 N–H and O–H groups in total. The van der Waals surface area contributed by atoms with Crippen LogP contribution in [0.2, 0.25) is 0 Å². The molecule has 0 aliphatic carbocycles. The molecule has 2 bridgehead atoms. The van der Waals surface area contributed by atoms with Gasteiger partial charge >= 0.3 is 11.9 Å². The number of carbonyl (C=O) groups is 2. The van der Waals surface area contributed by atoms with Crippen LogP contribution in [0.1, 0.15) is 64.0 Å². The van der Waals surface area contributed by atoms with E-state index in [9.17, 15) is 9.59 Å². The van der Waals surface area contributed by atoms with Crippen LogP contribution in [0.4, 0.5) is 0 Å². The predicted molar refractivity (Wildman–Crippen MR) is 147 cm³/mol. The maximum atomic E-state index is 14.2. The molecule has 1 aromatic carbocycles. The maximum absolute atomic E-state index is 14.2. The van der Waals surface area contributed by atoms with Gasteiger partial charge in [0, 0.05) is 23.7 Å². The maximum Gasteiger partial charge on any atom is 0.339 e. The van der Waals surface area contributed by atoms with Crippen LogP contribution in [0.25, 0.3) is 10.9 Å². The fraction of sp³-hybridized carbons (Fsp3) is 0.581. The highest BCUT2D eigenvalue weighted by Crippen LogP contribution is 2.46. The van der Waals surface area contributed by atoms with Crippen molar-refractivity contribution in [3.63, 3.8) is 0 Å². The molecule has 8 heteroatoms. The van der Waals surface area contributed by atoms with Crippen LogP contribution >= 0.6 is 0 Å². The number of esters is 2. The van der Waals surface area contributed by atoms with Gasteiger partial charge in [0.15, 0.2) is 5.60 Å². The van der Waals surface area contributed by atoms with E-state index in [1.165, 1.54) is 7.11 Å². The number of piperidine rings is 3. The molecule has 6 rings (SSSR count). The average molecular weight is 537 g/mol. The summed E-state index contributed by atoms with van der Waals surface area (Å²) in [6.07, 6.45) is 6.99. The lowest BCUT2D eigenvalue weighted by Gasteiger charge is -2.51. The first-order valence-electron chi connectivity index (χ1n) is 14.0. The van der Waals surface area contributed by atoms with Gasteiger partial charge in [0.05, 0.1) is 37.8 Å². The van der Waals surface area contributed by atoms with Crippen molar-refractivity contribution in [3.05, 3.63) is 48.7 Å². The first kappa shape index (κ1) is 27.6. The van der Waals surface area contributed by atoms with E-state index < -0.39 is 29.2 Å². The van der Waals surface area contributed by atoms with Gasteiger partial charge in [-0.2, -0.15) is 0 Å². The number of aromatic nitrogens is 1. The van der Waals surface area contributed by atoms with E-state index in [4.69, 9.17) is 18.9 Å². The third-order valence-corrected chi connectivity index (χ3v) is 8.89. The van der Waals surface area contributed by atoms with Gasteiger partial charge in [-0.1, -0.05) is 6.08 Å². The second-order valence-electron chi connectivity index (χ2n) is 11.8. The molecule has 4 aliphatic rings. The molecule has 0 spiro atoms. The van der Waals surface area contributed by atoms with E-state index in [1.54, 1.807) is 13.3 Å². The number of hydrogen-bond acceptors (Lipinski definition) is 8. The Kier molecular flexibility index (Phi) is 7.71. The molecule has 5 heterocycles. The van der Waals surface area contributed by atoms with Gasteiger partial charge in [-0.15, -0.1) is 6.58 Å². The molecular weight excluding hydrogens is 496 g/mol. The zero-order chi connectivity index (χ0) is 27.8. The zero-order valence-corrected chi connectivity index (χ0v) is 23.5. The first-order valence-corrected chi connectivity index (χ1v) is 14.0. The summed E-state index contributed by atoms with van der Waals surface area (Å²) in [6, 6.07) is 7.67. The molecule has 0 radical (unpaired) electrons. The number of rotatable bonds is 8. The van der Waals surface area contributed by atoms with Crippen LogP contribution in [-0.2, 0) is 23.8 Å². The zero-order valence-electron chi connectivity index (χ0n) is 23.5. The number of pyridine rings is 1. The quantitative estimate of drug-likeness (QED) is 0.344. The van der Waals surface area contributed by atoms with E-state index in [2.05, 4.69) is 22.5 Å². The van der Waals surface area contributed by atoms with Gasteiger partial charge in [0.25, 0.3) is 0 Å². The van der Waals surface area contributed by atoms with E-state index >= 15 is 0 Å². The van der Waals surface area contributed by atoms with Crippen molar-refractivity contribution in [2.75, 3.05) is 27.3 Å². The molecule has 3 unspecified atom stereocenters. The number of fused-ring (bicyclic) bond motifs is 4. The fourth-order valence-corrected chi connectivity index (χ4v) is 6.86. The second-order valence-corrected chi connectivity index (χ2v) is 11.8. The number of carbonyl (C=O) groups excluding carboxylic acids is 2. The number of ether oxygens (including phenoxy) is 4. The van der Waals surface area contributed by atoms with Gasteiger partial charge in [-0.3, -0.25) is 14.7 Å². The number of methoxy groups -OCH3 is 2. The summed E-state index contributed by atoms with van der Waals surface area (Å²) in [5.74, 6) is 0.610. The average Bonchev–Trinajstić information content (AvgIpc) is 2.94. The van der Waals surface area contributed by atoms with Crippen molar-refractivity contribution in [2.45, 2.75) is 75.7 Å². The highest BCUT2D eigenvalue weighted by Gasteiger charge is 2.52. The Hall–Kier alpha value is -2.97. The van der Waals surface area contributed by atoms with Gasteiger partial charge < -0.3 is 18.9 Å². The monoisotopic (exact) mass is 536 g/mol. The summed E-state index contributed by atoms with van der Waals surface area (Å²) in [7, 11) is 2.96. The summed E-state index contributed by atoms with van der Waals surface area (Å²) < 4.78 is 23.5. The van der Waals surface area contributed by atoms with Gasteiger partial charge in [0.1, 0.15) is 11.9 Å². The molecule has 210 valence electrons. The highest BCUT2D eigenvalue weighted by atomic mass is 16.6. The smallest absolute Gasteiger partial charge is 0.339 e. The Morgan fingerprint density at radius 2 is 2.08 bits per heavy atom. The number of hydrogen-bond donors (Lipinski definition) is 0. The molecule has 4 fully saturated rings. The molecule has 6 atom stereocenters. The van der Waals surface area contributed by atoms with E-state index in [-0.39, 0.29) is 12.5 Å². The van der Waals surface area contributed by atoms with Crippen LogP contribution in [0.5, 0.6) is 5.75 Å². The third kappa shape index (κ3) is 5.41. The largest absolute Gasteiger partial charge is 0.497 e. The Morgan fingerprint density at radius 3 is 2.74 bits per heavy atom. The standard InChI is InChI=1S/C31H40N2O6/c1-6-20-19-33-15-11-21(20)16-26(33)28(23-10-14-32-25-9-8-22(36-4)17-24(23)25)38-29(35)31(18-27(34)37-5)13-7-12-30(2,3)39-31/h6,8-10,14,17,20-21,26,28H,1,7,11-13,15-16,18-19H2,2-5H3/t20?,21-,26-,28+,31?/m0/s1. The minimum atomic E-state index is -1.40. The third-order valence-electron chi connectivity index (χ3n) is 8.89. The molecular formula is C31H40N2O6. The molecule has 4 saturated heterocycles. The molecule has 0 saturated carbocycles. The van der Waals surface area contributed by atoms with Crippen LogP contribution < -0.4 is 4.74 Å². The van der Waals surface area contributed by atoms with Crippen LogP contribution in [0, 0.1) is 11.8 Å². The molecule has 1 aromatic heterocycles. The minimum absolute atomic E-state index is 0.0209.